The highest BCUT2D eigenvalue weighted by atomic mass is 16.6. The topological polar surface area (TPSA) is 60.4 Å². The molecular weight excluding hydrogens is 256 g/mol. The number of hydrogen-bond acceptors (Lipinski definition) is 4. The maximum absolute atomic E-state index is 11.1. The van der Waals surface area contributed by atoms with Gasteiger partial charge in [0.25, 0.3) is 0 Å². The minimum Gasteiger partial charge on any atom is -0.384 e. The maximum Gasteiger partial charge on any atom is 0.379 e. The third kappa shape index (κ3) is 3.17. The SMILES string of the molecule is Cc1ccc(C(=O)OC(=O)C=O)cc1.c1cc2ccc1-2. The zero-order chi connectivity index (χ0) is 14.5. The van der Waals surface area contributed by atoms with Crippen LogP contribution < -0.4 is 0 Å². The van der Waals surface area contributed by atoms with Crippen molar-refractivity contribution in [3.63, 3.8) is 0 Å². The first-order valence-corrected chi connectivity index (χ1v) is 5.98. The van der Waals surface area contributed by atoms with Crippen LogP contribution in [-0.2, 0) is 14.3 Å². The van der Waals surface area contributed by atoms with Crippen molar-refractivity contribution < 1.29 is 19.1 Å². The highest BCUT2D eigenvalue weighted by molar-refractivity contribution is 6.23. The fourth-order valence-electron chi connectivity index (χ4n) is 1.53. The molecule has 4 nitrogen and oxygen atoms in total. The smallest absolute Gasteiger partial charge is 0.379 e. The van der Waals surface area contributed by atoms with Gasteiger partial charge in [-0.05, 0) is 30.2 Å². The molecule has 2 aliphatic carbocycles. The maximum atomic E-state index is 11.1. The summed E-state index contributed by atoms with van der Waals surface area (Å²) >= 11 is 0. The molecule has 0 N–H and O–H groups in total. The van der Waals surface area contributed by atoms with Crippen LogP contribution in [0.2, 0.25) is 0 Å². The van der Waals surface area contributed by atoms with Crippen molar-refractivity contribution in [2.75, 3.05) is 0 Å². The Labute approximate surface area is 116 Å². The third-order valence-electron chi connectivity index (χ3n) is 2.80. The summed E-state index contributed by atoms with van der Waals surface area (Å²) in [5, 5.41) is 0. The van der Waals surface area contributed by atoms with Crippen LogP contribution in [0, 0.1) is 6.92 Å². The van der Waals surface area contributed by atoms with E-state index in [4.69, 9.17) is 0 Å². The molecule has 0 amide bonds. The number of carbonyl (C=O) groups excluding carboxylic acids is 3. The van der Waals surface area contributed by atoms with Gasteiger partial charge in [-0.3, -0.25) is 4.79 Å². The van der Waals surface area contributed by atoms with E-state index in [2.05, 4.69) is 29.0 Å². The van der Waals surface area contributed by atoms with E-state index >= 15 is 0 Å². The van der Waals surface area contributed by atoms with Crippen molar-refractivity contribution in [3.8, 4) is 11.1 Å². The first-order chi connectivity index (χ1) is 9.60. The number of aldehydes is 1. The second kappa shape index (κ2) is 5.93. The van der Waals surface area contributed by atoms with E-state index in [0.29, 0.717) is 0 Å². The lowest BCUT2D eigenvalue weighted by molar-refractivity contribution is -0.144. The third-order valence-corrected chi connectivity index (χ3v) is 2.80. The summed E-state index contributed by atoms with van der Waals surface area (Å²) < 4.78 is 4.18. The van der Waals surface area contributed by atoms with Gasteiger partial charge in [-0.1, -0.05) is 42.0 Å². The molecule has 0 saturated heterocycles. The first-order valence-electron chi connectivity index (χ1n) is 5.98. The summed E-state index contributed by atoms with van der Waals surface area (Å²) in [7, 11) is 0. The Hall–Kier alpha value is -2.75. The molecule has 100 valence electrons. The van der Waals surface area contributed by atoms with Gasteiger partial charge in [-0.15, -0.1) is 0 Å². The van der Waals surface area contributed by atoms with Crippen LogP contribution in [0.1, 0.15) is 15.9 Å². The van der Waals surface area contributed by atoms with Crippen LogP contribution in [-0.4, -0.2) is 18.2 Å². The Balaban J connectivity index is 0.000000198. The lowest BCUT2D eigenvalue weighted by Crippen LogP contribution is -2.13. The number of fused-ring (bicyclic) bond motifs is 1. The molecule has 20 heavy (non-hydrogen) atoms. The second-order valence-corrected chi connectivity index (χ2v) is 4.27. The molecule has 0 heterocycles. The number of rotatable bonds is 2. The minimum absolute atomic E-state index is 0.0495. The van der Waals surface area contributed by atoms with Crippen LogP contribution in [0.3, 0.4) is 0 Å². The molecule has 0 spiro atoms. The minimum atomic E-state index is -1.18. The molecule has 0 atom stereocenters. The number of esters is 2. The van der Waals surface area contributed by atoms with E-state index in [9.17, 15) is 14.4 Å². The lowest BCUT2D eigenvalue weighted by Gasteiger charge is -2.10. The van der Waals surface area contributed by atoms with Gasteiger partial charge < -0.3 is 4.74 Å². The summed E-state index contributed by atoms with van der Waals surface area (Å²) in [6.45, 7) is 1.87. The number of ether oxygens (including phenoxy) is 1. The Bertz CT molecular complexity index is 618. The predicted octanol–water partition coefficient (Wildman–Crippen LogP) is 2.54. The summed E-state index contributed by atoms with van der Waals surface area (Å²) in [4.78, 5) is 31.5. The summed E-state index contributed by atoms with van der Waals surface area (Å²) in [6, 6.07) is 14.9. The lowest BCUT2D eigenvalue weighted by atomic mass is 9.95. The number of aryl methyl sites for hydroxylation is 1. The zero-order valence-corrected chi connectivity index (χ0v) is 10.8. The Kier molecular flexibility index (Phi) is 4.05. The molecule has 0 saturated carbocycles. The highest BCUT2D eigenvalue weighted by Crippen LogP contribution is 2.29. The number of carbonyl (C=O) groups is 3. The van der Waals surface area contributed by atoms with Crippen molar-refractivity contribution in [2.45, 2.75) is 6.92 Å². The van der Waals surface area contributed by atoms with Crippen molar-refractivity contribution in [1.29, 1.82) is 0 Å². The van der Waals surface area contributed by atoms with Gasteiger partial charge in [0.2, 0.25) is 6.29 Å². The molecule has 0 radical (unpaired) electrons. The van der Waals surface area contributed by atoms with E-state index in [-0.39, 0.29) is 11.8 Å². The molecule has 0 aliphatic heterocycles. The van der Waals surface area contributed by atoms with Crippen molar-refractivity contribution in [1.82, 2.24) is 0 Å². The molecule has 0 bridgehead atoms. The molecule has 0 fully saturated rings. The molecule has 0 aromatic heterocycles. The van der Waals surface area contributed by atoms with Crippen LogP contribution >= 0.6 is 0 Å². The van der Waals surface area contributed by atoms with E-state index in [0.717, 1.165) is 5.56 Å². The van der Waals surface area contributed by atoms with E-state index < -0.39 is 11.9 Å². The molecule has 1 aromatic rings. The van der Waals surface area contributed by atoms with Crippen LogP contribution in [0.4, 0.5) is 0 Å². The van der Waals surface area contributed by atoms with Gasteiger partial charge in [-0.25, -0.2) is 9.59 Å². The highest BCUT2D eigenvalue weighted by Gasteiger charge is 2.11. The average Bonchev–Trinajstić information content (AvgIpc) is 2.44. The van der Waals surface area contributed by atoms with Gasteiger partial charge in [0.1, 0.15) is 0 Å². The average molecular weight is 268 g/mol. The standard InChI is InChI=1S/C10H8O4.C6H4/c1-7-2-4-8(5-3-7)10(13)14-9(12)6-11;1-2-6-4-3-5(1)6/h2-6H,1H3;1-4H. The summed E-state index contributed by atoms with van der Waals surface area (Å²) in [5.41, 5.74) is 4.08. The first kappa shape index (κ1) is 13.7. The Morgan fingerprint density at radius 3 is 1.75 bits per heavy atom. The van der Waals surface area contributed by atoms with Gasteiger partial charge in [0.05, 0.1) is 5.56 Å². The molecule has 4 heteroatoms. The van der Waals surface area contributed by atoms with E-state index in [1.807, 2.05) is 6.92 Å². The van der Waals surface area contributed by atoms with Crippen LogP contribution in [0.5, 0.6) is 0 Å². The fraction of sp³-hybridized carbons (Fsp3) is 0.0625. The number of hydrogen-bond donors (Lipinski definition) is 0. The van der Waals surface area contributed by atoms with E-state index in [1.54, 1.807) is 12.1 Å². The molecule has 2 aliphatic rings. The zero-order valence-electron chi connectivity index (χ0n) is 10.8. The Morgan fingerprint density at radius 1 is 0.900 bits per heavy atom. The van der Waals surface area contributed by atoms with Gasteiger partial charge in [0.15, 0.2) is 0 Å². The second-order valence-electron chi connectivity index (χ2n) is 4.27. The van der Waals surface area contributed by atoms with Gasteiger partial charge >= 0.3 is 11.9 Å². The Morgan fingerprint density at radius 2 is 1.40 bits per heavy atom. The molecule has 3 rings (SSSR count). The predicted molar refractivity (Wildman–Crippen MR) is 73.1 cm³/mol. The fourth-order valence-corrected chi connectivity index (χ4v) is 1.53. The van der Waals surface area contributed by atoms with E-state index in [1.165, 1.54) is 23.3 Å². The van der Waals surface area contributed by atoms with Crippen LogP contribution in [0.25, 0.3) is 11.1 Å². The summed E-state index contributed by atoms with van der Waals surface area (Å²) in [5.74, 6) is -2.00. The van der Waals surface area contributed by atoms with Gasteiger partial charge in [0, 0.05) is 0 Å². The van der Waals surface area contributed by atoms with Crippen LogP contribution in [0.15, 0.2) is 48.5 Å². The monoisotopic (exact) mass is 268 g/mol. The molecule has 1 aromatic carbocycles. The normalized spacial score (nSPS) is 9.85. The van der Waals surface area contributed by atoms with Crippen molar-refractivity contribution in [3.05, 3.63) is 59.7 Å². The quantitative estimate of drug-likeness (QED) is 0.310. The largest absolute Gasteiger partial charge is 0.384 e. The van der Waals surface area contributed by atoms with Gasteiger partial charge in [-0.2, -0.15) is 0 Å². The molecule has 0 unspecified atom stereocenters. The molecular formula is C16H12O4. The summed E-state index contributed by atoms with van der Waals surface area (Å²) in [6.07, 6.45) is -0.0495. The van der Waals surface area contributed by atoms with Crippen molar-refractivity contribution in [2.24, 2.45) is 0 Å². The number of benzene rings is 2. The van der Waals surface area contributed by atoms with Crippen molar-refractivity contribution >= 4 is 18.2 Å².